The van der Waals surface area contributed by atoms with Crippen LogP contribution in [-0.4, -0.2) is 30.1 Å². The van der Waals surface area contributed by atoms with E-state index in [0.717, 1.165) is 31.1 Å². The maximum Gasteiger partial charge on any atom is 0.271 e. The van der Waals surface area contributed by atoms with Gasteiger partial charge in [0.2, 0.25) is 0 Å². The number of hydrogen-bond acceptors (Lipinski definition) is 3. The molecule has 1 heterocycles. The number of rotatable bonds is 7. The minimum absolute atomic E-state index is 0.250. The lowest BCUT2D eigenvalue weighted by Crippen LogP contribution is -2.33. The van der Waals surface area contributed by atoms with Crippen LogP contribution in [0.15, 0.2) is 77.9 Å². The van der Waals surface area contributed by atoms with Crippen molar-refractivity contribution in [3.05, 3.63) is 105 Å². The zero-order valence-electron chi connectivity index (χ0n) is 18.4. The van der Waals surface area contributed by atoms with E-state index >= 15 is 0 Å². The molecule has 1 fully saturated rings. The summed E-state index contributed by atoms with van der Waals surface area (Å²) in [6, 6.07) is 23.7. The number of hydrazone groups is 1. The predicted octanol–water partition coefficient (Wildman–Crippen LogP) is 6.21. The Morgan fingerprint density at radius 1 is 0.939 bits per heavy atom. The van der Waals surface area contributed by atoms with Gasteiger partial charge in [-0.25, -0.2) is 5.43 Å². The Kier molecular flexibility index (Phi) is 8.16. The van der Waals surface area contributed by atoms with E-state index < -0.39 is 0 Å². The molecule has 33 heavy (non-hydrogen) atoms. The van der Waals surface area contributed by atoms with Crippen LogP contribution in [0.3, 0.4) is 0 Å². The van der Waals surface area contributed by atoms with Gasteiger partial charge in [-0.1, -0.05) is 71.7 Å². The highest BCUT2D eigenvalue weighted by Crippen LogP contribution is 2.23. The number of likely N-dealkylation sites (tertiary alicyclic amines) is 1. The summed E-state index contributed by atoms with van der Waals surface area (Å²) < 4.78 is 0. The lowest BCUT2D eigenvalue weighted by molar-refractivity contribution is 0.0955. The first-order chi connectivity index (χ1) is 16.1. The van der Waals surface area contributed by atoms with Crippen LogP contribution in [0.2, 0.25) is 10.0 Å². The first-order valence-electron chi connectivity index (χ1n) is 11.2. The van der Waals surface area contributed by atoms with Crippen LogP contribution < -0.4 is 5.43 Å². The Bertz CT molecular complexity index is 1090. The molecule has 4 rings (SSSR count). The van der Waals surface area contributed by atoms with Crippen molar-refractivity contribution in [1.29, 1.82) is 0 Å². The van der Waals surface area contributed by atoms with Crippen molar-refractivity contribution in [2.75, 3.05) is 13.1 Å². The monoisotopic (exact) mass is 479 g/mol. The maximum atomic E-state index is 12.4. The average molecular weight is 480 g/mol. The molecule has 0 aromatic heterocycles. The van der Waals surface area contributed by atoms with Crippen LogP contribution in [0.25, 0.3) is 0 Å². The Morgan fingerprint density at radius 3 is 2.36 bits per heavy atom. The number of piperidine rings is 1. The largest absolute Gasteiger partial charge is 0.299 e. The van der Waals surface area contributed by atoms with Crippen LogP contribution >= 0.6 is 23.2 Å². The summed E-state index contributed by atoms with van der Waals surface area (Å²) in [4.78, 5) is 14.9. The summed E-state index contributed by atoms with van der Waals surface area (Å²) in [5.74, 6) is 0.513. The highest BCUT2D eigenvalue weighted by atomic mass is 35.5. The molecule has 1 aliphatic heterocycles. The summed E-state index contributed by atoms with van der Waals surface area (Å²) in [5, 5.41) is 4.94. The molecule has 1 saturated heterocycles. The summed E-state index contributed by atoms with van der Waals surface area (Å²) in [6.45, 7) is 3.14. The normalized spacial score (nSPS) is 15.1. The molecular formula is C27H27Cl2N3O. The number of benzene rings is 3. The van der Waals surface area contributed by atoms with Crippen molar-refractivity contribution >= 4 is 35.3 Å². The quantitative estimate of drug-likeness (QED) is 0.323. The standard InChI is InChI=1S/C27H27Cl2N3O/c28-25-11-8-23(17-26(25)29)18-30-31-27(33)24-9-6-22(7-10-24)19-32-14-12-21(13-15-32)16-20-4-2-1-3-5-20/h1-11,17-18,21H,12-16,19H2,(H,31,33)/b30-18-. The molecule has 0 radical (unpaired) electrons. The van der Waals surface area contributed by atoms with E-state index in [1.807, 2.05) is 24.3 Å². The van der Waals surface area contributed by atoms with Crippen LogP contribution in [-0.2, 0) is 13.0 Å². The first kappa shape index (κ1) is 23.5. The summed E-state index contributed by atoms with van der Waals surface area (Å²) in [7, 11) is 0. The smallest absolute Gasteiger partial charge is 0.271 e. The van der Waals surface area contributed by atoms with Gasteiger partial charge < -0.3 is 0 Å². The van der Waals surface area contributed by atoms with Gasteiger partial charge in [-0.2, -0.15) is 5.10 Å². The Labute approximate surface area is 205 Å². The van der Waals surface area contributed by atoms with Crippen LogP contribution in [0.5, 0.6) is 0 Å². The van der Waals surface area contributed by atoms with E-state index in [4.69, 9.17) is 23.2 Å². The number of amides is 1. The van der Waals surface area contributed by atoms with E-state index in [9.17, 15) is 4.79 Å². The topological polar surface area (TPSA) is 44.7 Å². The van der Waals surface area contributed by atoms with Crippen molar-refractivity contribution in [1.82, 2.24) is 10.3 Å². The fourth-order valence-corrected chi connectivity index (χ4v) is 4.45. The van der Waals surface area contributed by atoms with Gasteiger partial charge in [-0.05, 0) is 79.2 Å². The average Bonchev–Trinajstić information content (AvgIpc) is 2.84. The first-order valence-corrected chi connectivity index (χ1v) is 12.0. The van der Waals surface area contributed by atoms with Gasteiger partial charge in [0.15, 0.2) is 0 Å². The summed E-state index contributed by atoms with van der Waals surface area (Å²) in [6.07, 6.45) is 5.17. The molecule has 1 aliphatic rings. The van der Waals surface area contributed by atoms with Gasteiger partial charge in [0.05, 0.1) is 16.3 Å². The third kappa shape index (κ3) is 6.91. The van der Waals surface area contributed by atoms with Gasteiger partial charge in [0.25, 0.3) is 5.91 Å². The molecule has 0 aliphatic carbocycles. The van der Waals surface area contributed by atoms with Gasteiger partial charge in [0, 0.05) is 12.1 Å². The van der Waals surface area contributed by atoms with Gasteiger partial charge in [0.1, 0.15) is 0 Å². The molecule has 1 N–H and O–H groups in total. The number of carbonyl (C=O) groups is 1. The third-order valence-electron chi connectivity index (χ3n) is 6.02. The van der Waals surface area contributed by atoms with Crippen molar-refractivity contribution < 1.29 is 4.79 Å². The molecule has 0 unspecified atom stereocenters. The molecule has 4 nitrogen and oxygen atoms in total. The molecular weight excluding hydrogens is 453 g/mol. The number of carbonyl (C=O) groups excluding carboxylic acids is 1. The fourth-order valence-electron chi connectivity index (χ4n) is 4.14. The van der Waals surface area contributed by atoms with E-state index in [2.05, 4.69) is 45.8 Å². The van der Waals surface area contributed by atoms with E-state index in [0.29, 0.717) is 15.6 Å². The molecule has 0 spiro atoms. The van der Waals surface area contributed by atoms with Crippen LogP contribution in [0.4, 0.5) is 0 Å². The number of halogens is 2. The second kappa shape index (κ2) is 11.5. The minimum Gasteiger partial charge on any atom is -0.299 e. The molecule has 6 heteroatoms. The van der Waals surface area contributed by atoms with Crippen LogP contribution in [0.1, 0.15) is 39.9 Å². The van der Waals surface area contributed by atoms with E-state index in [1.165, 1.54) is 36.6 Å². The molecule has 0 bridgehead atoms. The molecule has 3 aromatic rings. The Hall–Kier alpha value is -2.66. The van der Waals surface area contributed by atoms with E-state index in [-0.39, 0.29) is 5.91 Å². The Morgan fingerprint density at radius 2 is 1.67 bits per heavy atom. The summed E-state index contributed by atoms with van der Waals surface area (Å²) >= 11 is 11.9. The highest BCUT2D eigenvalue weighted by molar-refractivity contribution is 6.42. The third-order valence-corrected chi connectivity index (χ3v) is 6.76. The summed E-state index contributed by atoms with van der Waals surface area (Å²) in [5.41, 5.74) is 6.54. The maximum absolute atomic E-state index is 12.4. The second-order valence-electron chi connectivity index (χ2n) is 8.48. The van der Waals surface area contributed by atoms with Crippen molar-refractivity contribution in [2.45, 2.75) is 25.8 Å². The minimum atomic E-state index is -0.250. The number of hydrogen-bond donors (Lipinski definition) is 1. The number of nitrogens with one attached hydrogen (secondary N) is 1. The van der Waals surface area contributed by atoms with Crippen molar-refractivity contribution in [2.24, 2.45) is 11.0 Å². The lowest BCUT2D eigenvalue weighted by Gasteiger charge is -2.32. The lowest BCUT2D eigenvalue weighted by atomic mass is 9.90. The Balaban J connectivity index is 1.23. The SMILES string of the molecule is O=C(N/N=C\c1ccc(Cl)c(Cl)c1)c1ccc(CN2CCC(Cc3ccccc3)CC2)cc1. The zero-order chi connectivity index (χ0) is 23.0. The molecule has 0 atom stereocenters. The predicted molar refractivity (Wildman–Crippen MR) is 136 cm³/mol. The molecule has 3 aromatic carbocycles. The van der Waals surface area contributed by atoms with Gasteiger partial charge in [-0.15, -0.1) is 0 Å². The fraction of sp³-hybridized carbons (Fsp3) is 0.259. The van der Waals surface area contributed by atoms with E-state index in [1.54, 1.807) is 18.2 Å². The zero-order valence-corrected chi connectivity index (χ0v) is 19.9. The molecule has 170 valence electrons. The van der Waals surface area contributed by atoms with Crippen molar-refractivity contribution in [3.63, 3.8) is 0 Å². The molecule has 0 saturated carbocycles. The number of nitrogens with zero attached hydrogens (tertiary/aromatic N) is 2. The van der Waals surface area contributed by atoms with Gasteiger partial charge in [-0.3, -0.25) is 9.69 Å². The van der Waals surface area contributed by atoms with Crippen LogP contribution in [0, 0.1) is 5.92 Å². The van der Waals surface area contributed by atoms with Gasteiger partial charge >= 0.3 is 0 Å². The second-order valence-corrected chi connectivity index (χ2v) is 9.29. The van der Waals surface area contributed by atoms with Crippen molar-refractivity contribution in [3.8, 4) is 0 Å². The highest BCUT2D eigenvalue weighted by Gasteiger charge is 2.19. The molecule has 1 amide bonds.